The molecule has 4 N–H and O–H groups in total. The molecule has 0 amide bonds. The summed E-state index contributed by atoms with van der Waals surface area (Å²) < 4.78 is 27.1. The Morgan fingerprint density at radius 1 is 1.39 bits per heavy atom. The maximum Gasteiger partial charge on any atom is 0.305 e. The molecule has 0 aliphatic heterocycles. The Bertz CT molecular complexity index is 547. The van der Waals surface area contributed by atoms with Crippen molar-refractivity contribution in [3.63, 3.8) is 0 Å². The number of rotatable bonds is 6. The van der Waals surface area contributed by atoms with Gasteiger partial charge in [-0.25, -0.2) is 13.1 Å². The first kappa shape index (κ1) is 15.4. The van der Waals surface area contributed by atoms with Gasteiger partial charge in [0.05, 0.1) is 0 Å². The first-order valence-electron chi connectivity index (χ1n) is 5.74. The van der Waals surface area contributed by atoms with E-state index in [0.29, 0.717) is 29.9 Å². The van der Waals surface area contributed by atoms with Gasteiger partial charge in [0.25, 0.3) is 10.0 Å². The number of aromatic amines is 1. The average molecular weight is 293 g/mol. The zero-order chi connectivity index (χ0) is 14.0. The lowest BCUT2D eigenvalue weighted by Crippen LogP contribution is -2.52. The Balaban J connectivity index is 3.16. The van der Waals surface area contributed by atoms with Crippen LogP contribution in [0.15, 0.2) is 9.00 Å². The minimum atomic E-state index is -3.71. The van der Waals surface area contributed by atoms with Gasteiger partial charge >= 0.3 is 4.87 Å². The molecule has 0 aliphatic rings. The SMILES string of the molecule is CCC(CC)(CN)NS(=O)(=O)c1sc(=O)[nH]c1C. The van der Waals surface area contributed by atoms with E-state index in [2.05, 4.69) is 9.71 Å². The third-order valence-corrected chi connectivity index (χ3v) is 6.30. The normalized spacial score (nSPS) is 12.9. The highest BCUT2D eigenvalue weighted by Gasteiger charge is 2.32. The number of aryl methyl sites for hydroxylation is 1. The molecule has 0 aliphatic carbocycles. The number of H-pyrrole nitrogens is 1. The quantitative estimate of drug-likeness (QED) is 0.712. The van der Waals surface area contributed by atoms with E-state index in [-0.39, 0.29) is 15.6 Å². The van der Waals surface area contributed by atoms with Gasteiger partial charge in [0.15, 0.2) is 4.21 Å². The summed E-state index contributed by atoms with van der Waals surface area (Å²) in [7, 11) is -3.71. The minimum Gasteiger partial charge on any atom is -0.329 e. The molecular weight excluding hydrogens is 274 g/mol. The molecular formula is C10H19N3O3S2. The molecule has 0 unspecified atom stereocenters. The summed E-state index contributed by atoms with van der Waals surface area (Å²) in [4.78, 5) is 13.3. The monoisotopic (exact) mass is 293 g/mol. The van der Waals surface area contributed by atoms with E-state index >= 15 is 0 Å². The fourth-order valence-corrected chi connectivity index (χ4v) is 4.56. The number of nitrogens with one attached hydrogen (secondary N) is 2. The summed E-state index contributed by atoms with van der Waals surface area (Å²) in [5.41, 5.74) is 5.37. The topological polar surface area (TPSA) is 105 Å². The molecule has 0 aromatic carbocycles. The van der Waals surface area contributed by atoms with Crippen molar-refractivity contribution in [1.82, 2.24) is 9.71 Å². The van der Waals surface area contributed by atoms with Gasteiger partial charge in [-0.15, -0.1) is 0 Å². The molecule has 0 bridgehead atoms. The molecule has 1 aromatic rings. The summed E-state index contributed by atoms with van der Waals surface area (Å²) in [5, 5.41) is 0. The van der Waals surface area contributed by atoms with Crippen LogP contribution < -0.4 is 15.3 Å². The molecule has 1 aromatic heterocycles. The van der Waals surface area contributed by atoms with Crippen molar-refractivity contribution in [2.45, 2.75) is 43.4 Å². The van der Waals surface area contributed by atoms with Gasteiger partial charge in [0.2, 0.25) is 0 Å². The maximum absolute atomic E-state index is 12.2. The zero-order valence-electron chi connectivity index (χ0n) is 10.7. The predicted molar refractivity (Wildman–Crippen MR) is 72.4 cm³/mol. The molecule has 18 heavy (non-hydrogen) atoms. The smallest absolute Gasteiger partial charge is 0.305 e. The molecule has 1 rings (SSSR count). The van der Waals surface area contributed by atoms with Crippen LogP contribution in [-0.4, -0.2) is 25.5 Å². The van der Waals surface area contributed by atoms with Crippen molar-refractivity contribution < 1.29 is 8.42 Å². The van der Waals surface area contributed by atoms with Crippen LogP contribution in [-0.2, 0) is 10.0 Å². The van der Waals surface area contributed by atoms with Crippen LogP contribution in [0.5, 0.6) is 0 Å². The van der Waals surface area contributed by atoms with Gasteiger partial charge in [-0.2, -0.15) is 0 Å². The van der Waals surface area contributed by atoms with Crippen LogP contribution in [0.25, 0.3) is 0 Å². The van der Waals surface area contributed by atoms with E-state index in [1.54, 1.807) is 6.92 Å². The largest absolute Gasteiger partial charge is 0.329 e. The molecule has 6 nitrogen and oxygen atoms in total. The molecule has 0 spiro atoms. The van der Waals surface area contributed by atoms with Crippen LogP contribution in [0.3, 0.4) is 0 Å². The highest BCUT2D eigenvalue weighted by atomic mass is 32.2. The van der Waals surface area contributed by atoms with Crippen LogP contribution in [0, 0.1) is 6.92 Å². The Morgan fingerprint density at radius 2 is 1.94 bits per heavy atom. The minimum absolute atomic E-state index is 0.0345. The molecule has 104 valence electrons. The summed E-state index contributed by atoms with van der Waals surface area (Å²) in [6.45, 7) is 5.54. The van der Waals surface area contributed by atoms with E-state index in [1.165, 1.54) is 0 Å². The number of thiazole rings is 1. The van der Waals surface area contributed by atoms with Crippen LogP contribution in [0.2, 0.25) is 0 Å². The lowest BCUT2D eigenvalue weighted by Gasteiger charge is -2.30. The third kappa shape index (κ3) is 3.00. The second kappa shape index (κ2) is 5.52. The second-order valence-corrected chi connectivity index (χ2v) is 7.08. The average Bonchev–Trinajstić information content (AvgIpc) is 2.66. The molecule has 0 saturated heterocycles. The lowest BCUT2D eigenvalue weighted by molar-refractivity contribution is 0.363. The zero-order valence-corrected chi connectivity index (χ0v) is 12.4. The van der Waals surface area contributed by atoms with Gasteiger partial charge in [-0.05, 0) is 19.8 Å². The molecule has 0 atom stereocenters. The number of aromatic nitrogens is 1. The Morgan fingerprint density at radius 3 is 2.28 bits per heavy atom. The van der Waals surface area contributed by atoms with E-state index < -0.39 is 15.6 Å². The van der Waals surface area contributed by atoms with E-state index in [4.69, 9.17) is 5.73 Å². The van der Waals surface area contributed by atoms with Gasteiger partial charge in [-0.1, -0.05) is 25.2 Å². The van der Waals surface area contributed by atoms with E-state index in [0.717, 1.165) is 0 Å². The first-order valence-corrected chi connectivity index (χ1v) is 8.04. The molecule has 1 heterocycles. The Kier molecular flexibility index (Phi) is 4.71. The predicted octanol–water partition coefficient (Wildman–Crippen LogP) is 0.541. The van der Waals surface area contributed by atoms with Crippen molar-refractivity contribution in [2.24, 2.45) is 5.73 Å². The van der Waals surface area contributed by atoms with Crippen molar-refractivity contribution in [3.8, 4) is 0 Å². The van der Waals surface area contributed by atoms with Crippen molar-refractivity contribution >= 4 is 21.4 Å². The highest BCUT2D eigenvalue weighted by molar-refractivity contribution is 7.91. The molecule has 8 heteroatoms. The summed E-state index contributed by atoms with van der Waals surface area (Å²) >= 11 is 0.691. The molecule has 0 radical (unpaired) electrons. The molecule has 0 fully saturated rings. The fourth-order valence-electron chi connectivity index (χ4n) is 1.70. The van der Waals surface area contributed by atoms with Gasteiger partial charge in [0.1, 0.15) is 0 Å². The van der Waals surface area contributed by atoms with Crippen LogP contribution in [0.4, 0.5) is 0 Å². The Hall–Kier alpha value is -0.700. The second-order valence-electron chi connectivity index (χ2n) is 4.22. The van der Waals surface area contributed by atoms with E-state index in [9.17, 15) is 13.2 Å². The number of nitrogens with two attached hydrogens (primary N) is 1. The fraction of sp³-hybridized carbons (Fsp3) is 0.700. The van der Waals surface area contributed by atoms with Crippen molar-refractivity contribution in [1.29, 1.82) is 0 Å². The highest BCUT2D eigenvalue weighted by Crippen LogP contribution is 2.21. The molecule has 0 saturated carbocycles. The summed E-state index contributed by atoms with van der Waals surface area (Å²) in [6.07, 6.45) is 1.19. The van der Waals surface area contributed by atoms with Crippen LogP contribution >= 0.6 is 11.3 Å². The van der Waals surface area contributed by atoms with Crippen LogP contribution in [0.1, 0.15) is 32.4 Å². The van der Waals surface area contributed by atoms with Crippen molar-refractivity contribution in [2.75, 3.05) is 6.54 Å². The van der Waals surface area contributed by atoms with Crippen molar-refractivity contribution in [3.05, 3.63) is 15.4 Å². The number of hydrogen-bond donors (Lipinski definition) is 3. The lowest BCUT2D eigenvalue weighted by atomic mass is 9.95. The van der Waals surface area contributed by atoms with Gasteiger partial charge in [0, 0.05) is 17.8 Å². The Labute approximate surface area is 111 Å². The standard InChI is InChI=1S/C10H19N3O3S2/c1-4-10(5-2,6-11)13-18(15,16)8-7(3)12-9(14)17-8/h13H,4-6,11H2,1-3H3,(H,12,14). The van der Waals surface area contributed by atoms with Gasteiger partial charge in [-0.3, -0.25) is 4.79 Å². The summed E-state index contributed by atoms with van der Waals surface area (Å²) in [6, 6.07) is 0. The third-order valence-electron chi connectivity index (χ3n) is 3.12. The number of hydrogen-bond acceptors (Lipinski definition) is 5. The number of sulfonamides is 1. The van der Waals surface area contributed by atoms with Gasteiger partial charge < -0.3 is 10.7 Å². The summed E-state index contributed by atoms with van der Waals surface area (Å²) in [5.74, 6) is 0. The van der Waals surface area contributed by atoms with E-state index in [1.807, 2.05) is 13.8 Å². The maximum atomic E-state index is 12.2. The first-order chi connectivity index (χ1) is 8.30.